The van der Waals surface area contributed by atoms with Crippen molar-refractivity contribution in [1.82, 2.24) is 0 Å². The number of ether oxygens (including phenoxy) is 1. The summed E-state index contributed by atoms with van der Waals surface area (Å²) < 4.78 is 19.2. The largest absolute Gasteiger partial charge is 0.497 e. The summed E-state index contributed by atoms with van der Waals surface area (Å²) in [7, 11) is 1.51. The zero-order valence-electron chi connectivity index (χ0n) is 12.0. The summed E-state index contributed by atoms with van der Waals surface area (Å²) in [5.41, 5.74) is -0.400. The van der Waals surface area contributed by atoms with Crippen molar-refractivity contribution in [2.75, 3.05) is 7.11 Å². The molecule has 1 aromatic carbocycles. The van der Waals surface area contributed by atoms with Crippen molar-refractivity contribution in [2.24, 2.45) is 5.41 Å². The number of hydrogen-bond donors (Lipinski definition) is 1. The number of methoxy groups -OCH3 is 1. The summed E-state index contributed by atoms with van der Waals surface area (Å²) in [5.74, 6) is 0.111. The minimum Gasteiger partial charge on any atom is -0.497 e. The van der Waals surface area contributed by atoms with Crippen LogP contribution in [-0.4, -0.2) is 12.2 Å². The molecule has 106 valence electrons. The van der Waals surface area contributed by atoms with Gasteiger partial charge in [0.2, 0.25) is 0 Å². The van der Waals surface area contributed by atoms with Crippen LogP contribution in [0.1, 0.15) is 51.5 Å². The van der Waals surface area contributed by atoms with E-state index in [4.69, 9.17) is 4.74 Å². The van der Waals surface area contributed by atoms with Gasteiger partial charge in [-0.2, -0.15) is 0 Å². The fraction of sp³-hybridized carbons (Fsp3) is 0.625. The van der Waals surface area contributed by atoms with Crippen LogP contribution >= 0.6 is 0 Å². The van der Waals surface area contributed by atoms with Gasteiger partial charge in [-0.3, -0.25) is 0 Å². The Labute approximate surface area is 114 Å². The normalized spacial score (nSPS) is 26.8. The van der Waals surface area contributed by atoms with E-state index in [2.05, 4.69) is 13.8 Å². The van der Waals surface area contributed by atoms with Crippen LogP contribution in [-0.2, 0) is 5.60 Å². The molecule has 1 atom stereocenters. The van der Waals surface area contributed by atoms with E-state index < -0.39 is 5.60 Å². The van der Waals surface area contributed by atoms with Gasteiger partial charge in [0.1, 0.15) is 11.6 Å². The molecule has 19 heavy (non-hydrogen) atoms. The van der Waals surface area contributed by atoms with Crippen molar-refractivity contribution in [2.45, 2.75) is 51.6 Å². The highest BCUT2D eigenvalue weighted by Crippen LogP contribution is 2.43. The van der Waals surface area contributed by atoms with Gasteiger partial charge in [0, 0.05) is 11.6 Å². The van der Waals surface area contributed by atoms with Gasteiger partial charge in [-0.15, -0.1) is 0 Å². The van der Waals surface area contributed by atoms with Gasteiger partial charge < -0.3 is 9.84 Å². The molecule has 0 heterocycles. The third kappa shape index (κ3) is 3.08. The van der Waals surface area contributed by atoms with Crippen molar-refractivity contribution in [1.29, 1.82) is 0 Å². The summed E-state index contributed by atoms with van der Waals surface area (Å²) in [6.45, 7) is 4.42. The van der Waals surface area contributed by atoms with Crippen LogP contribution in [0.5, 0.6) is 5.75 Å². The molecule has 2 rings (SSSR count). The van der Waals surface area contributed by atoms with Crippen LogP contribution in [0.25, 0.3) is 0 Å². The standard InChI is InChI=1S/C16H23FO2/c1-15(2)7-4-8-16(18,10-9-15)13-6-5-12(19-3)11-14(13)17/h5-6,11,18H,4,7-10H2,1-3H3. The lowest BCUT2D eigenvalue weighted by Gasteiger charge is -2.29. The highest BCUT2D eigenvalue weighted by atomic mass is 19.1. The highest BCUT2D eigenvalue weighted by Gasteiger charge is 2.36. The second kappa shape index (κ2) is 5.12. The molecule has 1 N–H and O–H groups in total. The number of hydrogen-bond acceptors (Lipinski definition) is 2. The Hall–Kier alpha value is -1.09. The zero-order valence-corrected chi connectivity index (χ0v) is 12.0. The third-order valence-corrected chi connectivity index (χ3v) is 4.34. The Morgan fingerprint density at radius 3 is 2.53 bits per heavy atom. The van der Waals surface area contributed by atoms with Gasteiger partial charge >= 0.3 is 0 Å². The van der Waals surface area contributed by atoms with Crippen LogP contribution in [0.3, 0.4) is 0 Å². The fourth-order valence-corrected chi connectivity index (χ4v) is 2.92. The van der Waals surface area contributed by atoms with E-state index in [1.165, 1.54) is 13.2 Å². The molecule has 0 saturated heterocycles. The first-order valence-corrected chi connectivity index (χ1v) is 6.93. The smallest absolute Gasteiger partial charge is 0.132 e. The molecule has 1 fully saturated rings. The maximum absolute atomic E-state index is 14.2. The number of aliphatic hydroxyl groups is 1. The second-order valence-corrected chi connectivity index (χ2v) is 6.40. The molecule has 1 saturated carbocycles. The zero-order chi connectivity index (χ0) is 14.1. The predicted molar refractivity (Wildman–Crippen MR) is 73.7 cm³/mol. The number of halogens is 1. The Morgan fingerprint density at radius 2 is 1.89 bits per heavy atom. The first-order valence-electron chi connectivity index (χ1n) is 6.93. The molecule has 0 spiro atoms. The van der Waals surface area contributed by atoms with E-state index in [1.54, 1.807) is 12.1 Å². The Bertz CT molecular complexity index is 456. The molecule has 0 bridgehead atoms. The monoisotopic (exact) mass is 266 g/mol. The molecule has 1 aliphatic rings. The molecule has 1 unspecified atom stereocenters. The molecular weight excluding hydrogens is 243 g/mol. The molecule has 0 aromatic heterocycles. The van der Waals surface area contributed by atoms with Crippen LogP contribution in [0, 0.1) is 11.2 Å². The van der Waals surface area contributed by atoms with E-state index in [9.17, 15) is 9.50 Å². The van der Waals surface area contributed by atoms with Gasteiger partial charge in [0.05, 0.1) is 12.7 Å². The molecule has 1 aromatic rings. The average molecular weight is 266 g/mol. The van der Waals surface area contributed by atoms with E-state index in [0.717, 1.165) is 19.3 Å². The van der Waals surface area contributed by atoms with Crippen LogP contribution < -0.4 is 4.74 Å². The SMILES string of the molecule is COc1ccc(C2(O)CCCC(C)(C)CC2)c(F)c1. The molecule has 3 heteroatoms. The van der Waals surface area contributed by atoms with Crippen molar-refractivity contribution in [3.63, 3.8) is 0 Å². The van der Waals surface area contributed by atoms with Crippen molar-refractivity contribution < 1.29 is 14.2 Å². The topological polar surface area (TPSA) is 29.5 Å². The minimum atomic E-state index is -1.04. The quantitative estimate of drug-likeness (QED) is 0.819. The lowest BCUT2D eigenvalue weighted by Crippen LogP contribution is -2.26. The summed E-state index contributed by atoms with van der Waals surface area (Å²) in [5, 5.41) is 10.8. The number of benzene rings is 1. The maximum Gasteiger partial charge on any atom is 0.132 e. The van der Waals surface area contributed by atoms with Gasteiger partial charge in [-0.1, -0.05) is 13.8 Å². The second-order valence-electron chi connectivity index (χ2n) is 6.40. The highest BCUT2D eigenvalue weighted by molar-refractivity contribution is 5.32. The summed E-state index contributed by atoms with van der Waals surface area (Å²) >= 11 is 0. The molecule has 0 radical (unpaired) electrons. The Kier molecular flexibility index (Phi) is 3.86. The Morgan fingerprint density at radius 1 is 1.16 bits per heavy atom. The predicted octanol–water partition coefficient (Wildman–Crippen LogP) is 4.01. The number of rotatable bonds is 2. The van der Waals surface area contributed by atoms with Crippen LogP contribution in [0.4, 0.5) is 4.39 Å². The van der Waals surface area contributed by atoms with E-state index in [1.807, 2.05) is 0 Å². The molecule has 0 aliphatic heterocycles. The van der Waals surface area contributed by atoms with Crippen molar-refractivity contribution in [3.05, 3.63) is 29.6 Å². The van der Waals surface area contributed by atoms with Gasteiger partial charge in [-0.25, -0.2) is 4.39 Å². The van der Waals surface area contributed by atoms with Gasteiger partial charge in [0.25, 0.3) is 0 Å². The Balaban J connectivity index is 2.29. The van der Waals surface area contributed by atoms with E-state index >= 15 is 0 Å². The summed E-state index contributed by atoms with van der Waals surface area (Å²) in [6, 6.07) is 4.72. The van der Waals surface area contributed by atoms with Crippen LogP contribution in [0.2, 0.25) is 0 Å². The molecule has 2 nitrogen and oxygen atoms in total. The van der Waals surface area contributed by atoms with E-state index in [-0.39, 0.29) is 11.2 Å². The lowest BCUT2D eigenvalue weighted by atomic mass is 9.82. The molecule has 0 amide bonds. The van der Waals surface area contributed by atoms with Gasteiger partial charge in [0.15, 0.2) is 0 Å². The summed E-state index contributed by atoms with van der Waals surface area (Å²) in [4.78, 5) is 0. The molecule has 1 aliphatic carbocycles. The van der Waals surface area contributed by atoms with Crippen molar-refractivity contribution >= 4 is 0 Å². The van der Waals surface area contributed by atoms with Gasteiger partial charge in [-0.05, 0) is 49.7 Å². The fourth-order valence-electron chi connectivity index (χ4n) is 2.92. The van der Waals surface area contributed by atoms with E-state index in [0.29, 0.717) is 24.2 Å². The first-order chi connectivity index (χ1) is 8.86. The van der Waals surface area contributed by atoms with Crippen molar-refractivity contribution in [3.8, 4) is 5.75 Å². The lowest BCUT2D eigenvalue weighted by molar-refractivity contribution is 0.0146. The van der Waals surface area contributed by atoms with Crippen LogP contribution in [0.15, 0.2) is 18.2 Å². The molecular formula is C16H23FO2. The average Bonchev–Trinajstić information content (AvgIpc) is 2.49. The third-order valence-electron chi connectivity index (χ3n) is 4.34. The minimum absolute atomic E-state index is 0.230. The first kappa shape index (κ1) is 14.3. The maximum atomic E-state index is 14.2. The summed E-state index contributed by atoms with van der Waals surface area (Å²) in [6.07, 6.45) is 4.15.